The van der Waals surface area contributed by atoms with Gasteiger partial charge in [0.15, 0.2) is 4.96 Å². The molecular weight excluding hydrogens is 378 g/mol. The maximum atomic E-state index is 12.6. The predicted octanol–water partition coefficient (Wildman–Crippen LogP) is 5.90. The number of carbonyl (C=O) groups excluding carboxylic acids is 1. The van der Waals surface area contributed by atoms with E-state index in [2.05, 4.69) is 55.6 Å². The number of anilines is 1. The van der Waals surface area contributed by atoms with Gasteiger partial charge in [0.1, 0.15) is 0 Å². The van der Waals surface area contributed by atoms with Crippen LogP contribution in [0.25, 0.3) is 16.2 Å². The first kappa shape index (κ1) is 19.4. The number of nitrogens with zero attached hydrogens (tertiary/aromatic N) is 2. The van der Waals surface area contributed by atoms with Crippen molar-refractivity contribution in [3.8, 4) is 11.3 Å². The molecule has 0 spiro atoms. The minimum atomic E-state index is -0.0170. The first-order chi connectivity index (χ1) is 14.1. The van der Waals surface area contributed by atoms with Crippen LogP contribution in [-0.2, 0) is 17.6 Å². The van der Waals surface area contributed by atoms with Crippen LogP contribution in [-0.4, -0.2) is 15.3 Å². The van der Waals surface area contributed by atoms with E-state index < -0.39 is 0 Å². The van der Waals surface area contributed by atoms with Crippen molar-refractivity contribution in [1.82, 2.24) is 9.38 Å². The molecule has 0 bridgehead atoms. The van der Waals surface area contributed by atoms with Crippen LogP contribution in [0.3, 0.4) is 0 Å². The number of thiazole rings is 1. The lowest BCUT2D eigenvalue weighted by Gasteiger charge is -2.06. The van der Waals surface area contributed by atoms with E-state index in [-0.39, 0.29) is 5.91 Å². The van der Waals surface area contributed by atoms with Gasteiger partial charge in [0, 0.05) is 28.5 Å². The zero-order chi connectivity index (χ0) is 20.2. The number of nitrogens with one attached hydrogen (secondary N) is 1. The Bertz CT molecular complexity index is 1110. The monoisotopic (exact) mass is 403 g/mol. The summed E-state index contributed by atoms with van der Waals surface area (Å²) < 4.78 is 2.02. The third-order valence-electron chi connectivity index (χ3n) is 5.03. The van der Waals surface area contributed by atoms with Gasteiger partial charge in [-0.1, -0.05) is 55.3 Å². The van der Waals surface area contributed by atoms with Crippen molar-refractivity contribution in [2.75, 3.05) is 5.32 Å². The average molecular weight is 404 g/mol. The van der Waals surface area contributed by atoms with Crippen LogP contribution < -0.4 is 5.32 Å². The van der Waals surface area contributed by atoms with Crippen LogP contribution in [0, 0.1) is 6.92 Å². The summed E-state index contributed by atoms with van der Waals surface area (Å²) in [5.74, 6) is -0.0170. The van der Waals surface area contributed by atoms with Crippen molar-refractivity contribution in [2.24, 2.45) is 0 Å². The number of benzene rings is 2. The summed E-state index contributed by atoms with van der Waals surface area (Å²) in [7, 11) is 0. The zero-order valence-electron chi connectivity index (χ0n) is 16.8. The number of rotatable bonds is 7. The van der Waals surface area contributed by atoms with Crippen LogP contribution in [0.2, 0.25) is 0 Å². The van der Waals surface area contributed by atoms with E-state index >= 15 is 0 Å². The van der Waals surface area contributed by atoms with Crippen LogP contribution in [0.1, 0.15) is 36.6 Å². The second-order valence-electron chi connectivity index (χ2n) is 7.40. The number of hydrogen-bond acceptors (Lipinski definition) is 3. The van der Waals surface area contributed by atoms with E-state index in [1.54, 1.807) is 11.3 Å². The third kappa shape index (κ3) is 4.57. The molecule has 0 aliphatic carbocycles. The number of aryl methyl sites for hydroxylation is 2. The fourth-order valence-corrected chi connectivity index (χ4v) is 4.20. The highest BCUT2D eigenvalue weighted by atomic mass is 32.1. The number of hydrogen-bond donors (Lipinski definition) is 1. The average Bonchev–Trinajstić information content (AvgIpc) is 3.30. The highest BCUT2D eigenvalue weighted by molar-refractivity contribution is 7.15. The van der Waals surface area contributed by atoms with Gasteiger partial charge < -0.3 is 5.32 Å². The number of carbonyl (C=O) groups is 1. The standard InChI is InChI=1S/C24H25N3OS/c1-3-4-5-18-8-12-20(13-9-18)25-23(28)14-21-16-29-24-26-22(15-27(21)24)19-10-6-17(2)7-11-19/h6-13,15-16H,3-5,14H2,1-2H3,(H,25,28). The van der Waals surface area contributed by atoms with Crippen molar-refractivity contribution in [2.45, 2.75) is 39.5 Å². The first-order valence-corrected chi connectivity index (χ1v) is 10.9. The van der Waals surface area contributed by atoms with E-state index in [1.807, 2.05) is 28.1 Å². The summed E-state index contributed by atoms with van der Waals surface area (Å²) in [5, 5.41) is 5.01. The maximum Gasteiger partial charge on any atom is 0.230 e. The molecule has 4 nitrogen and oxygen atoms in total. The van der Waals surface area contributed by atoms with E-state index in [1.165, 1.54) is 24.0 Å². The molecule has 0 unspecified atom stereocenters. The van der Waals surface area contributed by atoms with Gasteiger partial charge in [-0.05, 0) is 37.5 Å². The maximum absolute atomic E-state index is 12.6. The zero-order valence-corrected chi connectivity index (χ0v) is 17.6. The molecule has 0 aliphatic heterocycles. The Kier molecular flexibility index (Phi) is 5.76. The fourth-order valence-electron chi connectivity index (χ4n) is 3.33. The smallest absolute Gasteiger partial charge is 0.230 e. The van der Waals surface area contributed by atoms with Gasteiger partial charge >= 0.3 is 0 Å². The molecular formula is C24H25N3OS. The van der Waals surface area contributed by atoms with Gasteiger partial charge in [-0.15, -0.1) is 11.3 Å². The Morgan fingerprint density at radius 1 is 1.10 bits per heavy atom. The van der Waals surface area contributed by atoms with Crippen molar-refractivity contribution in [3.05, 3.63) is 76.9 Å². The van der Waals surface area contributed by atoms with Gasteiger partial charge in [0.05, 0.1) is 12.1 Å². The van der Waals surface area contributed by atoms with Crippen molar-refractivity contribution in [1.29, 1.82) is 0 Å². The fraction of sp³-hybridized carbons (Fsp3) is 0.250. The van der Waals surface area contributed by atoms with Gasteiger partial charge in [-0.2, -0.15) is 0 Å². The van der Waals surface area contributed by atoms with Crippen molar-refractivity contribution < 1.29 is 4.79 Å². The van der Waals surface area contributed by atoms with E-state index in [9.17, 15) is 4.79 Å². The number of aromatic nitrogens is 2. The molecule has 29 heavy (non-hydrogen) atoms. The predicted molar refractivity (Wildman–Crippen MR) is 121 cm³/mol. The Morgan fingerprint density at radius 3 is 2.59 bits per heavy atom. The molecule has 4 rings (SSSR count). The summed E-state index contributed by atoms with van der Waals surface area (Å²) in [6.45, 7) is 4.27. The molecule has 2 aromatic carbocycles. The lowest BCUT2D eigenvalue weighted by molar-refractivity contribution is -0.115. The Hall–Kier alpha value is -2.92. The molecule has 0 aliphatic rings. The van der Waals surface area contributed by atoms with Gasteiger partial charge in [0.25, 0.3) is 0 Å². The second kappa shape index (κ2) is 8.62. The number of fused-ring (bicyclic) bond motifs is 1. The van der Waals surface area contributed by atoms with Crippen molar-refractivity contribution in [3.63, 3.8) is 0 Å². The normalized spacial score (nSPS) is 11.1. The number of imidazole rings is 1. The Balaban J connectivity index is 1.44. The SMILES string of the molecule is CCCCc1ccc(NC(=O)Cc2csc3nc(-c4ccc(C)cc4)cn23)cc1. The summed E-state index contributed by atoms with van der Waals surface area (Å²) in [5.41, 5.74) is 6.35. The van der Waals surface area contributed by atoms with Crippen LogP contribution in [0.15, 0.2) is 60.1 Å². The van der Waals surface area contributed by atoms with Crippen LogP contribution in [0.5, 0.6) is 0 Å². The first-order valence-electron chi connectivity index (χ1n) is 10.0. The second-order valence-corrected chi connectivity index (χ2v) is 8.23. The largest absolute Gasteiger partial charge is 0.326 e. The highest BCUT2D eigenvalue weighted by Crippen LogP contribution is 2.24. The van der Waals surface area contributed by atoms with Crippen molar-refractivity contribution >= 4 is 27.9 Å². The number of unbranched alkanes of at least 4 members (excludes halogenated alkanes) is 1. The Labute approximate surface area is 175 Å². The molecule has 5 heteroatoms. The molecule has 148 valence electrons. The molecule has 4 aromatic rings. The topological polar surface area (TPSA) is 46.4 Å². The summed E-state index contributed by atoms with van der Waals surface area (Å²) in [4.78, 5) is 18.2. The van der Waals surface area contributed by atoms with E-state index in [0.29, 0.717) is 6.42 Å². The summed E-state index contributed by atoms with van der Waals surface area (Å²) >= 11 is 1.56. The third-order valence-corrected chi connectivity index (χ3v) is 5.92. The summed E-state index contributed by atoms with van der Waals surface area (Å²) in [6.07, 6.45) is 5.80. The summed E-state index contributed by atoms with van der Waals surface area (Å²) in [6, 6.07) is 16.5. The molecule has 0 atom stereocenters. The minimum Gasteiger partial charge on any atom is -0.326 e. The molecule has 1 N–H and O–H groups in total. The van der Waals surface area contributed by atoms with E-state index in [4.69, 9.17) is 4.98 Å². The molecule has 0 radical (unpaired) electrons. The molecule has 0 fully saturated rings. The molecule has 1 amide bonds. The Morgan fingerprint density at radius 2 is 1.86 bits per heavy atom. The lowest BCUT2D eigenvalue weighted by Crippen LogP contribution is -2.15. The van der Waals surface area contributed by atoms with Gasteiger partial charge in [0.2, 0.25) is 5.91 Å². The van der Waals surface area contributed by atoms with Gasteiger partial charge in [-0.25, -0.2) is 4.98 Å². The van der Waals surface area contributed by atoms with E-state index in [0.717, 1.165) is 34.0 Å². The highest BCUT2D eigenvalue weighted by Gasteiger charge is 2.13. The molecule has 2 heterocycles. The lowest BCUT2D eigenvalue weighted by atomic mass is 10.1. The quantitative estimate of drug-likeness (QED) is 0.418. The van der Waals surface area contributed by atoms with Crippen LogP contribution in [0.4, 0.5) is 5.69 Å². The molecule has 0 saturated carbocycles. The van der Waals surface area contributed by atoms with Gasteiger partial charge in [-0.3, -0.25) is 9.20 Å². The molecule has 0 saturated heterocycles. The number of amides is 1. The minimum absolute atomic E-state index is 0.0170. The van der Waals surface area contributed by atoms with Crippen LogP contribution >= 0.6 is 11.3 Å². The molecule has 2 aromatic heterocycles.